The number of carbonyl (C=O) groups is 2. The molecule has 1 atom stereocenters. The van der Waals surface area contributed by atoms with Crippen LogP contribution in [0, 0.1) is 0 Å². The molecule has 0 unspecified atom stereocenters. The normalized spacial score (nSPS) is 18.8. The molecule has 0 aromatic heterocycles. The number of rotatable bonds is 4. The van der Waals surface area contributed by atoms with E-state index in [0.717, 1.165) is 24.8 Å². The fourth-order valence-electron chi connectivity index (χ4n) is 2.02. The van der Waals surface area contributed by atoms with Gasteiger partial charge in [-0.3, -0.25) is 4.79 Å². The van der Waals surface area contributed by atoms with Crippen molar-refractivity contribution in [3.05, 3.63) is 35.4 Å². The highest BCUT2D eigenvalue weighted by atomic mass is 16.5. The van der Waals surface area contributed by atoms with Gasteiger partial charge in [0.25, 0.3) is 0 Å². The monoisotopic (exact) mass is 263 g/mol. The van der Waals surface area contributed by atoms with Crippen molar-refractivity contribution in [2.75, 3.05) is 6.61 Å². The van der Waals surface area contributed by atoms with Crippen molar-refractivity contribution in [3.63, 3.8) is 0 Å². The number of carboxylic acid groups (broad SMARTS) is 1. The van der Waals surface area contributed by atoms with Crippen LogP contribution in [-0.2, 0) is 16.1 Å². The van der Waals surface area contributed by atoms with Crippen LogP contribution in [0.4, 0.5) is 0 Å². The zero-order valence-electron chi connectivity index (χ0n) is 10.6. The van der Waals surface area contributed by atoms with E-state index in [-0.39, 0.29) is 17.6 Å². The Morgan fingerprint density at radius 1 is 1.26 bits per heavy atom. The van der Waals surface area contributed by atoms with Gasteiger partial charge in [-0.25, -0.2) is 4.79 Å². The molecule has 1 aliphatic rings. The molecule has 1 heterocycles. The highest BCUT2D eigenvalue weighted by Gasteiger charge is 2.21. The van der Waals surface area contributed by atoms with Crippen molar-refractivity contribution >= 4 is 11.9 Å². The summed E-state index contributed by atoms with van der Waals surface area (Å²) >= 11 is 0. The van der Waals surface area contributed by atoms with Gasteiger partial charge in [-0.1, -0.05) is 12.1 Å². The summed E-state index contributed by atoms with van der Waals surface area (Å²) in [4.78, 5) is 22.5. The molecule has 0 spiro atoms. The number of ether oxygens (including phenoxy) is 1. The van der Waals surface area contributed by atoms with Crippen LogP contribution >= 0.6 is 0 Å². The molecule has 1 fully saturated rings. The van der Waals surface area contributed by atoms with Crippen molar-refractivity contribution in [2.45, 2.75) is 31.9 Å². The Bertz CT molecular complexity index is 449. The maximum atomic E-state index is 11.8. The topological polar surface area (TPSA) is 75.6 Å². The summed E-state index contributed by atoms with van der Waals surface area (Å²) in [5.74, 6) is -1.05. The Hall–Kier alpha value is -1.88. The van der Waals surface area contributed by atoms with Crippen molar-refractivity contribution in [1.82, 2.24) is 5.32 Å². The molecule has 2 N–H and O–H groups in total. The molecule has 2 rings (SSSR count). The Labute approximate surface area is 111 Å². The lowest BCUT2D eigenvalue weighted by Gasteiger charge is -2.21. The van der Waals surface area contributed by atoms with Gasteiger partial charge in [-0.15, -0.1) is 0 Å². The van der Waals surface area contributed by atoms with E-state index in [2.05, 4.69) is 5.32 Å². The van der Waals surface area contributed by atoms with Gasteiger partial charge in [0.05, 0.1) is 5.56 Å². The molecule has 1 aromatic rings. The molecular weight excluding hydrogens is 246 g/mol. The van der Waals surface area contributed by atoms with Crippen LogP contribution in [0.25, 0.3) is 0 Å². The van der Waals surface area contributed by atoms with Crippen LogP contribution in [-0.4, -0.2) is 29.7 Å². The van der Waals surface area contributed by atoms with Crippen molar-refractivity contribution in [3.8, 4) is 0 Å². The van der Waals surface area contributed by atoms with E-state index in [9.17, 15) is 9.59 Å². The van der Waals surface area contributed by atoms with Crippen LogP contribution in [0.3, 0.4) is 0 Å². The minimum Gasteiger partial charge on any atom is -0.478 e. The van der Waals surface area contributed by atoms with E-state index in [4.69, 9.17) is 9.84 Å². The summed E-state index contributed by atoms with van der Waals surface area (Å²) in [7, 11) is 0. The van der Waals surface area contributed by atoms with Gasteiger partial charge in [0.2, 0.25) is 5.91 Å². The number of nitrogens with one attached hydrogen (secondary N) is 1. The van der Waals surface area contributed by atoms with Gasteiger partial charge in [-0.05, 0) is 37.0 Å². The lowest BCUT2D eigenvalue weighted by molar-refractivity contribution is -0.135. The van der Waals surface area contributed by atoms with E-state index < -0.39 is 5.97 Å². The molecule has 1 saturated heterocycles. The third-order valence-electron chi connectivity index (χ3n) is 3.14. The van der Waals surface area contributed by atoms with Crippen LogP contribution in [0.2, 0.25) is 0 Å². The minimum absolute atomic E-state index is 0.0954. The Balaban J connectivity index is 1.84. The molecular formula is C14H17NO4. The summed E-state index contributed by atoms with van der Waals surface area (Å²) in [6, 6.07) is 6.46. The number of hydrogen-bond donors (Lipinski definition) is 2. The fourth-order valence-corrected chi connectivity index (χ4v) is 2.02. The SMILES string of the molecule is O=C(O)c1ccc(CNC(=O)[C@@H]2CCCCO2)cc1. The van der Waals surface area contributed by atoms with Crippen LogP contribution in [0.15, 0.2) is 24.3 Å². The maximum absolute atomic E-state index is 11.8. The quantitative estimate of drug-likeness (QED) is 0.864. The summed E-state index contributed by atoms with van der Waals surface area (Å²) in [5.41, 5.74) is 1.11. The second-order valence-electron chi connectivity index (χ2n) is 4.58. The predicted molar refractivity (Wildman–Crippen MR) is 68.8 cm³/mol. The Morgan fingerprint density at radius 3 is 2.58 bits per heavy atom. The summed E-state index contributed by atoms with van der Waals surface area (Å²) in [5, 5.41) is 11.6. The zero-order valence-corrected chi connectivity index (χ0v) is 10.6. The maximum Gasteiger partial charge on any atom is 0.335 e. The molecule has 5 nitrogen and oxygen atoms in total. The van der Waals surface area contributed by atoms with Crippen LogP contribution in [0.5, 0.6) is 0 Å². The number of carboxylic acids is 1. The van der Waals surface area contributed by atoms with Crippen molar-refractivity contribution in [2.24, 2.45) is 0 Å². The highest BCUT2D eigenvalue weighted by molar-refractivity contribution is 5.87. The summed E-state index contributed by atoms with van der Waals surface area (Å²) < 4.78 is 5.39. The summed E-state index contributed by atoms with van der Waals surface area (Å²) in [6.07, 6.45) is 2.46. The molecule has 1 aromatic carbocycles. The van der Waals surface area contributed by atoms with Gasteiger partial charge in [0.15, 0.2) is 0 Å². The molecule has 0 bridgehead atoms. The Morgan fingerprint density at radius 2 is 2.00 bits per heavy atom. The van der Waals surface area contributed by atoms with Gasteiger partial charge in [-0.2, -0.15) is 0 Å². The second kappa shape index (κ2) is 6.33. The van der Waals surface area contributed by atoms with Crippen LogP contribution in [0.1, 0.15) is 35.2 Å². The molecule has 19 heavy (non-hydrogen) atoms. The number of amides is 1. The highest BCUT2D eigenvalue weighted by Crippen LogP contribution is 2.13. The largest absolute Gasteiger partial charge is 0.478 e. The standard InChI is InChI=1S/C14H17NO4/c16-13(12-3-1-2-8-19-12)15-9-10-4-6-11(7-5-10)14(17)18/h4-7,12H,1-3,8-9H2,(H,15,16)(H,17,18)/t12-/m0/s1. The second-order valence-corrected chi connectivity index (χ2v) is 4.58. The van der Waals surface area contributed by atoms with Gasteiger partial charge in [0.1, 0.15) is 6.10 Å². The molecule has 1 aliphatic heterocycles. The van der Waals surface area contributed by atoms with Crippen molar-refractivity contribution in [1.29, 1.82) is 0 Å². The van der Waals surface area contributed by atoms with Gasteiger partial charge >= 0.3 is 5.97 Å². The van der Waals surface area contributed by atoms with E-state index in [0.29, 0.717) is 13.2 Å². The molecule has 0 saturated carbocycles. The Kier molecular flexibility index (Phi) is 4.52. The minimum atomic E-state index is -0.953. The van der Waals surface area contributed by atoms with Crippen LogP contribution < -0.4 is 5.32 Å². The number of carbonyl (C=O) groups excluding carboxylic acids is 1. The number of hydrogen-bond acceptors (Lipinski definition) is 3. The first-order valence-electron chi connectivity index (χ1n) is 6.38. The number of aromatic carboxylic acids is 1. The average Bonchev–Trinajstić information content (AvgIpc) is 2.46. The summed E-state index contributed by atoms with van der Waals surface area (Å²) in [6.45, 7) is 1.03. The average molecular weight is 263 g/mol. The molecule has 102 valence electrons. The lowest BCUT2D eigenvalue weighted by atomic mass is 10.1. The first kappa shape index (κ1) is 13.5. The van der Waals surface area contributed by atoms with E-state index in [1.807, 2.05) is 0 Å². The fraction of sp³-hybridized carbons (Fsp3) is 0.429. The van der Waals surface area contributed by atoms with E-state index in [1.54, 1.807) is 12.1 Å². The van der Waals surface area contributed by atoms with Gasteiger partial charge in [0, 0.05) is 13.2 Å². The van der Waals surface area contributed by atoms with Gasteiger partial charge < -0.3 is 15.2 Å². The molecule has 5 heteroatoms. The molecule has 0 aliphatic carbocycles. The number of benzene rings is 1. The molecule has 0 radical (unpaired) electrons. The first-order valence-corrected chi connectivity index (χ1v) is 6.38. The van der Waals surface area contributed by atoms with Crippen molar-refractivity contribution < 1.29 is 19.4 Å². The van der Waals surface area contributed by atoms with E-state index >= 15 is 0 Å². The zero-order chi connectivity index (χ0) is 13.7. The predicted octanol–water partition coefficient (Wildman–Crippen LogP) is 1.57. The van der Waals surface area contributed by atoms with E-state index in [1.165, 1.54) is 12.1 Å². The molecule has 1 amide bonds. The first-order chi connectivity index (χ1) is 9.16. The smallest absolute Gasteiger partial charge is 0.335 e. The lowest BCUT2D eigenvalue weighted by Crippen LogP contribution is -2.37. The third-order valence-corrected chi connectivity index (χ3v) is 3.14. The third kappa shape index (κ3) is 3.79.